The molecule has 2 aromatic rings. The molecule has 0 saturated carbocycles. The first-order valence-corrected chi connectivity index (χ1v) is 8.61. The Labute approximate surface area is 147 Å². The Kier molecular flexibility index (Phi) is 4.41. The Morgan fingerprint density at radius 2 is 1.96 bits per heavy atom. The maximum atomic E-state index is 12.4. The van der Waals surface area contributed by atoms with Gasteiger partial charge >= 0.3 is 0 Å². The van der Waals surface area contributed by atoms with Gasteiger partial charge in [0.25, 0.3) is 5.56 Å². The summed E-state index contributed by atoms with van der Waals surface area (Å²) in [5, 5.41) is 10.8. The van der Waals surface area contributed by atoms with Gasteiger partial charge in [0.05, 0.1) is 28.7 Å². The monoisotopic (exact) mass is 343 g/mol. The summed E-state index contributed by atoms with van der Waals surface area (Å²) >= 11 is 0. The predicted octanol–water partition coefficient (Wildman–Crippen LogP) is 2.18. The average molecular weight is 343 g/mol. The van der Waals surface area contributed by atoms with Gasteiger partial charge in [-0.1, -0.05) is 18.2 Å². The van der Waals surface area contributed by atoms with Crippen LogP contribution in [-0.4, -0.2) is 33.9 Å². The van der Waals surface area contributed by atoms with Crippen molar-refractivity contribution in [2.75, 3.05) is 6.54 Å². The molecule has 2 heterocycles. The highest BCUT2D eigenvalue weighted by Gasteiger charge is 2.45. The van der Waals surface area contributed by atoms with E-state index in [1.807, 2.05) is 12.1 Å². The van der Waals surface area contributed by atoms with E-state index in [2.05, 4.69) is 43.2 Å². The topological polar surface area (TPSA) is 84.1 Å². The van der Waals surface area contributed by atoms with Gasteiger partial charge in [0, 0.05) is 17.8 Å². The molecule has 0 bridgehead atoms. The minimum absolute atomic E-state index is 0.106. The highest BCUT2D eigenvalue weighted by molar-refractivity contribution is 5.88. The van der Waals surface area contributed by atoms with E-state index in [1.165, 1.54) is 0 Å². The Balaban J connectivity index is 1.68. The van der Waals surface area contributed by atoms with Gasteiger partial charge in [-0.2, -0.15) is 5.10 Å². The molecule has 134 valence electrons. The van der Waals surface area contributed by atoms with Gasteiger partial charge < -0.3 is 10.1 Å². The summed E-state index contributed by atoms with van der Waals surface area (Å²) in [7, 11) is 0. The first-order valence-electron chi connectivity index (χ1n) is 8.61. The van der Waals surface area contributed by atoms with Crippen molar-refractivity contribution in [1.82, 2.24) is 15.5 Å². The summed E-state index contributed by atoms with van der Waals surface area (Å²) in [6, 6.07) is 7.19. The minimum Gasteiger partial charge on any atom is -0.369 e. The number of carbonyl (C=O) groups is 1. The van der Waals surface area contributed by atoms with Crippen molar-refractivity contribution in [3.8, 4) is 0 Å². The van der Waals surface area contributed by atoms with Crippen LogP contribution < -0.4 is 10.9 Å². The zero-order valence-corrected chi connectivity index (χ0v) is 15.2. The molecular weight excluding hydrogens is 318 g/mol. The number of H-pyrrole nitrogens is 1. The highest BCUT2D eigenvalue weighted by atomic mass is 16.5. The molecule has 1 aliphatic rings. The predicted molar refractivity (Wildman–Crippen MR) is 96.4 cm³/mol. The summed E-state index contributed by atoms with van der Waals surface area (Å²) in [6.45, 7) is 8.85. The van der Waals surface area contributed by atoms with Gasteiger partial charge in [0.2, 0.25) is 5.91 Å². The maximum Gasteiger partial charge on any atom is 0.272 e. The lowest BCUT2D eigenvalue weighted by Crippen LogP contribution is -2.38. The van der Waals surface area contributed by atoms with Crippen LogP contribution in [0.15, 0.2) is 29.1 Å². The third-order valence-electron chi connectivity index (χ3n) is 4.91. The summed E-state index contributed by atoms with van der Waals surface area (Å²) in [4.78, 5) is 24.2. The fourth-order valence-corrected chi connectivity index (χ4v) is 3.75. The second-order valence-corrected chi connectivity index (χ2v) is 7.89. The highest BCUT2D eigenvalue weighted by Crippen LogP contribution is 2.41. The van der Waals surface area contributed by atoms with Crippen molar-refractivity contribution in [1.29, 1.82) is 0 Å². The van der Waals surface area contributed by atoms with E-state index < -0.39 is 0 Å². The molecule has 0 radical (unpaired) electrons. The minimum atomic E-state index is -0.264. The van der Waals surface area contributed by atoms with Crippen LogP contribution >= 0.6 is 0 Å². The second kappa shape index (κ2) is 6.26. The Bertz CT molecular complexity index is 854. The number of nitrogens with zero attached hydrogens (tertiary/aromatic N) is 1. The van der Waals surface area contributed by atoms with Crippen LogP contribution in [0, 0.1) is 5.92 Å². The maximum absolute atomic E-state index is 12.4. The smallest absolute Gasteiger partial charge is 0.272 e. The average Bonchev–Trinajstić information content (AvgIpc) is 2.75. The SMILES string of the molecule is CC1(C)CC(CNC(=O)Cc2n[nH]c(=O)c3ccccc23)C(C)(C)O1. The van der Waals surface area contributed by atoms with Crippen LogP contribution in [0.2, 0.25) is 0 Å². The molecule has 1 aliphatic heterocycles. The molecule has 1 atom stereocenters. The van der Waals surface area contributed by atoms with Crippen molar-refractivity contribution in [3.05, 3.63) is 40.3 Å². The molecule has 3 rings (SSSR count). The fourth-order valence-electron chi connectivity index (χ4n) is 3.75. The molecule has 1 aromatic carbocycles. The van der Waals surface area contributed by atoms with Crippen molar-refractivity contribution in [2.45, 2.75) is 51.7 Å². The number of nitrogens with one attached hydrogen (secondary N) is 2. The summed E-state index contributed by atoms with van der Waals surface area (Å²) in [5.74, 6) is 0.150. The number of hydrogen-bond acceptors (Lipinski definition) is 4. The fraction of sp³-hybridized carbons (Fsp3) is 0.526. The largest absolute Gasteiger partial charge is 0.369 e. The lowest BCUT2D eigenvalue weighted by atomic mass is 9.87. The van der Waals surface area contributed by atoms with E-state index in [-0.39, 0.29) is 35.0 Å². The van der Waals surface area contributed by atoms with E-state index in [9.17, 15) is 9.59 Å². The number of benzene rings is 1. The zero-order chi connectivity index (χ0) is 18.2. The van der Waals surface area contributed by atoms with Gasteiger partial charge in [-0.3, -0.25) is 9.59 Å². The standard InChI is InChI=1S/C19H25N3O3/c1-18(2)10-12(19(3,4)25-18)11-20-16(23)9-15-13-7-5-6-8-14(13)17(24)22-21-15/h5-8,12H,9-11H2,1-4H3,(H,20,23)(H,22,24). The molecule has 1 fully saturated rings. The van der Waals surface area contributed by atoms with Crippen LogP contribution in [0.5, 0.6) is 0 Å². The van der Waals surface area contributed by atoms with E-state index in [0.29, 0.717) is 23.0 Å². The normalized spacial score (nSPS) is 21.4. The summed E-state index contributed by atoms with van der Waals surface area (Å²) in [6.07, 6.45) is 1.04. The number of ether oxygens (including phenoxy) is 1. The number of amides is 1. The molecule has 1 unspecified atom stereocenters. The molecule has 0 spiro atoms. The van der Waals surface area contributed by atoms with Gasteiger partial charge in [-0.15, -0.1) is 0 Å². The number of aromatic amines is 1. The molecular formula is C19H25N3O3. The van der Waals surface area contributed by atoms with E-state index >= 15 is 0 Å². The quantitative estimate of drug-likeness (QED) is 0.891. The molecule has 1 aromatic heterocycles. The van der Waals surface area contributed by atoms with Crippen LogP contribution in [-0.2, 0) is 16.0 Å². The third kappa shape index (κ3) is 3.74. The van der Waals surface area contributed by atoms with E-state index in [0.717, 1.165) is 6.42 Å². The Morgan fingerprint density at radius 1 is 1.28 bits per heavy atom. The van der Waals surface area contributed by atoms with Gasteiger partial charge in [-0.05, 0) is 40.2 Å². The lowest BCUT2D eigenvalue weighted by molar-refractivity contribution is -0.121. The first kappa shape index (κ1) is 17.6. The van der Waals surface area contributed by atoms with Gasteiger partial charge in [-0.25, -0.2) is 5.10 Å². The lowest BCUT2D eigenvalue weighted by Gasteiger charge is -2.27. The second-order valence-electron chi connectivity index (χ2n) is 7.89. The number of hydrogen-bond donors (Lipinski definition) is 2. The molecule has 6 nitrogen and oxygen atoms in total. The van der Waals surface area contributed by atoms with Crippen molar-refractivity contribution < 1.29 is 9.53 Å². The first-order chi connectivity index (χ1) is 11.7. The summed E-state index contributed by atoms with van der Waals surface area (Å²) in [5.41, 5.74) is -0.100. The number of carbonyl (C=O) groups excluding carboxylic acids is 1. The molecule has 0 aliphatic carbocycles. The number of fused-ring (bicyclic) bond motifs is 1. The Hall–Kier alpha value is -2.21. The molecule has 1 amide bonds. The summed E-state index contributed by atoms with van der Waals surface area (Å²) < 4.78 is 6.07. The third-order valence-corrected chi connectivity index (χ3v) is 4.91. The van der Waals surface area contributed by atoms with Gasteiger partial charge in [0.15, 0.2) is 0 Å². The van der Waals surface area contributed by atoms with E-state index in [1.54, 1.807) is 12.1 Å². The van der Waals surface area contributed by atoms with Crippen LogP contribution in [0.25, 0.3) is 10.8 Å². The van der Waals surface area contributed by atoms with Crippen molar-refractivity contribution in [2.24, 2.45) is 5.92 Å². The van der Waals surface area contributed by atoms with Crippen molar-refractivity contribution >= 4 is 16.7 Å². The Morgan fingerprint density at radius 3 is 2.60 bits per heavy atom. The van der Waals surface area contributed by atoms with E-state index in [4.69, 9.17) is 4.74 Å². The van der Waals surface area contributed by atoms with Crippen molar-refractivity contribution in [3.63, 3.8) is 0 Å². The molecule has 1 saturated heterocycles. The zero-order valence-electron chi connectivity index (χ0n) is 15.2. The number of rotatable bonds is 4. The van der Waals surface area contributed by atoms with Gasteiger partial charge in [0.1, 0.15) is 0 Å². The molecule has 2 N–H and O–H groups in total. The van der Waals surface area contributed by atoms with Crippen LogP contribution in [0.3, 0.4) is 0 Å². The molecule has 25 heavy (non-hydrogen) atoms. The van der Waals surface area contributed by atoms with Crippen LogP contribution in [0.4, 0.5) is 0 Å². The molecule has 6 heteroatoms. The van der Waals surface area contributed by atoms with Crippen LogP contribution in [0.1, 0.15) is 39.8 Å². The number of aromatic nitrogens is 2.